The van der Waals surface area contributed by atoms with E-state index in [1.54, 1.807) is 0 Å². The van der Waals surface area contributed by atoms with Gasteiger partial charge in [-0.05, 0) is 123 Å². The summed E-state index contributed by atoms with van der Waals surface area (Å²) >= 11 is 0. The molecule has 306 valence electrons. The van der Waals surface area contributed by atoms with Gasteiger partial charge < -0.3 is 9.13 Å². The number of aromatic nitrogens is 3. The van der Waals surface area contributed by atoms with Crippen molar-refractivity contribution in [3.8, 4) is 44.8 Å². The molecule has 0 aliphatic rings. The summed E-state index contributed by atoms with van der Waals surface area (Å²) in [6.07, 6.45) is 0. The van der Waals surface area contributed by atoms with E-state index in [2.05, 4.69) is 236 Å². The second kappa shape index (κ2) is 14.4. The first kappa shape index (κ1) is 37.3. The summed E-state index contributed by atoms with van der Waals surface area (Å²) in [6.45, 7) is 6.70. The van der Waals surface area contributed by atoms with Gasteiger partial charge in [0, 0.05) is 55.4 Å². The number of rotatable bonds is 5. The van der Waals surface area contributed by atoms with E-state index in [0.29, 0.717) is 0 Å². The number of hydrogen-bond donors (Lipinski definition) is 0. The van der Waals surface area contributed by atoms with Gasteiger partial charge in [-0.3, -0.25) is 4.98 Å². The van der Waals surface area contributed by atoms with Crippen LogP contribution in [0.2, 0.25) is 0 Å². The van der Waals surface area contributed by atoms with E-state index in [1.165, 1.54) is 104 Å². The molecule has 3 aromatic heterocycles. The number of pyridine rings is 1. The van der Waals surface area contributed by atoms with Crippen LogP contribution in [0.5, 0.6) is 0 Å². The molecular weight excluding hydrogens is 787 g/mol. The van der Waals surface area contributed by atoms with Gasteiger partial charge in [0.15, 0.2) is 0 Å². The van der Waals surface area contributed by atoms with E-state index in [1.807, 2.05) is 0 Å². The molecule has 0 radical (unpaired) electrons. The zero-order valence-corrected chi connectivity index (χ0v) is 36.5. The average molecular weight is 830 g/mol. The molecule has 0 aliphatic heterocycles. The van der Waals surface area contributed by atoms with Crippen LogP contribution in [-0.2, 0) is 0 Å². The van der Waals surface area contributed by atoms with E-state index in [4.69, 9.17) is 4.98 Å². The highest BCUT2D eigenvalue weighted by Crippen LogP contribution is 2.48. The molecule has 0 saturated carbocycles. The van der Waals surface area contributed by atoms with E-state index in [-0.39, 0.29) is 0 Å². The Hall–Kier alpha value is -8.27. The third kappa shape index (κ3) is 5.52. The highest BCUT2D eigenvalue weighted by molar-refractivity contribution is 6.24. The van der Waals surface area contributed by atoms with Crippen LogP contribution in [0.4, 0.5) is 0 Å². The van der Waals surface area contributed by atoms with Crippen LogP contribution < -0.4 is 0 Å². The summed E-state index contributed by atoms with van der Waals surface area (Å²) < 4.78 is 4.90. The number of fused-ring (bicyclic) bond motifs is 9. The molecule has 0 unspecified atom stereocenters. The van der Waals surface area contributed by atoms with Crippen LogP contribution in [0.15, 0.2) is 206 Å². The van der Waals surface area contributed by atoms with Gasteiger partial charge in [0.05, 0.1) is 22.1 Å². The normalized spacial score (nSPS) is 11.9. The molecule has 0 amide bonds. The van der Waals surface area contributed by atoms with Gasteiger partial charge >= 0.3 is 0 Å². The van der Waals surface area contributed by atoms with Crippen molar-refractivity contribution in [1.82, 2.24) is 14.1 Å². The highest BCUT2D eigenvalue weighted by Gasteiger charge is 2.24. The lowest BCUT2D eigenvalue weighted by molar-refractivity contribution is 1.10. The van der Waals surface area contributed by atoms with Crippen LogP contribution in [0.3, 0.4) is 0 Å². The summed E-state index contributed by atoms with van der Waals surface area (Å²) in [5.74, 6) is 0. The van der Waals surface area contributed by atoms with Crippen LogP contribution in [-0.4, -0.2) is 14.1 Å². The van der Waals surface area contributed by atoms with Gasteiger partial charge in [0.2, 0.25) is 0 Å². The molecule has 0 spiro atoms. The Balaban J connectivity index is 1.13. The van der Waals surface area contributed by atoms with Crippen molar-refractivity contribution in [1.29, 1.82) is 0 Å². The molecule has 3 heteroatoms. The number of hydrogen-bond acceptors (Lipinski definition) is 1. The number of benzene rings is 10. The maximum absolute atomic E-state index is 5.49. The van der Waals surface area contributed by atoms with E-state index in [0.717, 1.165) is 33.9 Å². The average Bonchev–Trinajstić information content (AvgIpc) is 3.87. The lowest BCUT2D eigenvalue weighted by Gasteiger charge is -2.23. The van der Waals surface area contributed by atoms with E-state index >= 15 is 0 Å². The molecule has 10 aromatic carbocycles. The van der Waals surface area contributed by atoms with Gasteiger partial charge in [-0.2, -0.15) is 0 Å². The Bertz CT molecular complexity index is 3810. The van der Waals surface area contributed by atoms with Crippen LogP contribution in [0.1, 0.15) is 17.0 Å². The Labute approximate surface area is 377 Å². The molecule has 3 heterocycles. The van der Waals surface area contributed by atoms with E-state index in [9.17, 15) is 0 Å². The first-order valence-electron chi connectivity index (χ1n) is 22.6. The molecule has 0 aliphatic carbocycles. The van der Waals surface area contributed by atoms with Crippen molar-refractivity contribution < 1.29 is 0 Å². The quantitative estimate of drug-likeness (QED) is 0.158. The zero-order chi connectivity index (χ0) is 43.3. The summed E-state index contributed by atoms with van der Waals surface area (Å²) in [5, 5.41) is 12.4. The first-order chi connectivity index (χ1) is 32.0. The van der Waals surface area contributed by atoms with Crippen molar-refractivity contribution in [3.05, 3.63) is 223 Å². The predicted octanol–water partition coefficient (Wildman–Crippen LogP) is 16.7. The molecule has 3 nitrogen and oxygen atoms in total. The molecule has 0 saturated heterocycles. The van der Waals surface area contributed by atoms with Crippen molar-refractivity contribution in [3.63, 3.8) is 0 Å². The molecule has 0 N–H and O–H groups in total. The lowest BCUT2D eigenvalue weighted by atomic mass is 9.82. The maximum atomic E-state index is 5.49. The first-order valence-corrected chi connectivity index (χ1v) is 22.6. The second-order valence-electron chi connectivity index (χ2n) is 17.5. The fraction of sp³-hybridized carbons (Fsp3) is 0.0484. The van der Waals surface area contributed by atoms with Gasteiger partial charge in [0.1, 0.15) is 0 Å². The highest BCUT2D eigenvalue weighted by atomic mass is 15.0. The zero-order valence-electron chi connectivity index (χ0n) is 36.5. The Kier molecular flexibility index (Phi) is 8.25. The largest absolute Gasteiger partial charge is 0.309 e. The predicted molar refractivity (Wildman–Crippen MR) is 276 cm³/mol. The van der Waals surface area contributed by atoms with Gasteiger partial charge in [-0.25, -0.2) is 0 Å². The SMILES string of the molecule is Cc1nc(C)c(-c2c3ccccc3c(-c3cccc4ccccc34)c3ccccc23)c(C)c1-c1cc(-n2c3ccccc3c3ccccc32)cc(-n2c3ccccc3c3ccccc32)c1. The molecule has 65 heavy (non-hydrogen) atoms. The summed E-state index contributed by atoms with van der Waals surface area (Å²) in [5.41, 5.74) is 17.4. The summed E-state index contributed by atoms with van der Waals surface area (Å²) in [4.78, 5) is 5.49. The molecule has 13 rings (SSSR count). The van der Waals surface area contributed by atoms with E-state index < -0.39 is 0 Å². The number of aryl methyl sites for hydroxylation is 2. The molecule has 0 atom stereocenters. The molecule has 0 bridgehead atoms. The third-order valence-corrected chi connectivity index (χ3v) is 13.9. The van der Waals surface area contributed by atoms with Crippen LogP contribution >= 0.6 is 0 Å². The minimum Gasteiger partial charge on any atom is -0.309 e. The second-order valence-corrected chi connectivity index (χ2v) is 17.5. The smallest absolute Gasteiger partial charge is 0.0541 e. The fourth-order valence-corrected chi connectivity index (χ4v) is 11.4. The maximum Gasteiger partial charge on any atom is 0.0541 e. The molecule has 0 fully saturated rings. The van der Waals surface area contributed by atoms with Gasteiger partial charge in [-0.1, -0.05) is 164 Å². The minimum atomic E-state index is 1.01. The number of nitrogens with zero attached hydrogens (tertiary/aromatic N) is 3. The fourth-order valence-electron chi connectivity index (χ4n) is 11.4. The van der Waals surface area contributed by atoms with Crippen LogP contribution in [0, 0.1) is 20.8 Å². The summed E-state index contributed by atoms with van der Waals surface area (Å²) in [6, 6.07) is 75.8. The minimum absolute atomic E-state index is 1.01. The Morgan fingerprint density at radius 1 is 0.308 bits per heavy atom. The van der Waals surface area contributed by atoms with Crippen molar-refractivity contribution in [2.75, 3.05) is 0 Å². The topological polar surface area (TPSA) is 22.8 Å². The Morgan fingerprint density at radius 2 is 0.677 bits per heavy atom. The van der Waals surface area contributed by atoms with Gasteiger partial charge in [-0.15, -0.1) is 0 Å². The lowest BCUT2D eigenvalue weighted by Crippen LogP contribution is -2.04. The van der Waals surface area contributed by atoms with Crippen molar-refractivity contribution in [2.24, 2.45) is 0 Å². The summed E-state index contributed by atoms with van der Waals surface area (Å²) in [7, 11) is 0. The molecular formula is C62H43N3. The number of para-hydroxylation sites is 4. The Morgan fingerprint density at radius 3 is 1.15 bits per heavy atom. The van der Waals surface area contributed by atoms with Crippen molar-refractivity contribution >= 4 is 75.9 Å². The standard InChI is InChI=1S/C62H43N3/c1-38-59(39(2)63-40(3)60(38)62-53-28-8-6-26-51(53)61(52-27-7-9-29-54(52)62)50-30-18-20-41-19-4-5-21-45(41)50)42-35-43(64-55-31-14-10-22-46(55)47-23-11-15-32-56(47)64)37-44(36-42)65-57-33-16-12-24-48(57)49-25-13-17-34-58(49)65/h4-37H,1-3H3. The van der Waals surface area contributed by atoms with Crippen LogP contribution in [0.25, 0.3) is 121 Å². The monoisotopic (exact) mass is 829 g/mol. The third-order valence-electron chi connectivity index (χ3n) is 13.9. The van der Waals surface area contributed by atoms with Gasteiger partial charge in [0.25, 0.3) is 0 Å². The molecule has 13 aromatic rings. The van der Waals surface area contributed by atoms with Crippen molar-refractivity contribution in [2.45, 2.75) is 20.8 Å².